The summed E-state index contributed by atoms with van der Waals surface area (Å²) >= 11 is 0. The van der Waals surface area contributed by atoms with Gasteiger partial charge in [0.15, 0.2) is 6.29 Å². The lowest BCUT2D eigenvalue weighted by molar-refractivity contribution is -0.305. The highest BCUT2D eigenvalue weighted by Crippen LogP contribution is 2.23. The average Bonchev–Trinajstić information content (AvgIpc) is 3.32. The molecule has 0 aromatic rings. The summed E-state index contributed by atoms with van der Waals surface area (Å²) in [4.78, 5) is 12.9. The van der Waals surface area contributed by atoms with Crippen LogP contribution in [0.5, 0.6) is 0 Å². The van der Waals surface area contributed by atoms with Crippen molar-refractivity contribution in [2.24, 2.45) is 0 Å². The van der Waals surface area contributed by atoms with Gasteiger partial charge in [-0.1, -0.05) is 229 Å². The summed E-state index contributed by atoms with van der Waals surface area (Å²) in [6.45, 7) is 4.46. The number of carbonyl (C=O) groups is 1. The first-order chi connectivity index (χ1) is 32.4. The Morgan fingerprint density at radius 1 is 0.500 bits per heavy atom. The van der Waals surface area contributed by atoms with E-state index in [1.54, 1.807) is 0 Å². The number of allylic oxidation sites excluding steroid dienone is 10. The molecule has 9 nitrogen and oxygen atoms in total. The Morgan fingerprint density at radius 3 is 1.39 bits per heavy atom. The highest BCUT2D eigenvalue weighted by molar-refractivity contribution is 5.69. The van der Waals surface area contributed by atoms with Crippen LogP contribution in [-0.4, -0.2) is 89.6 Å². The fourth-order valence-corrected chi connectivity index (χ4v) is 8.23. The molecule has 9 heteroatoms. The molecule has 1 saturated heterocycles. The lowest BCUT2D eigenvalue weighted by Gasteiger charge is -2.39. The Bertz CT molecular complexity index is 1200. The van der Waals surface area contributed by atoms with Crippen LogP contribution < -0.4 is 0 Å². The Balaban J connectivity index is 2.19. The minimum absolute atomic E-state index is 0.121. The number of unbranched alkanes of at least 4 members (excludes halogenated alkanes) is 26. The first-order valence-electron chi connectivity index (χ1n) is 27.4. The fraction of sp³-hybridized carbons (Fsp3) is 0.807. The van der Waals surface area contributed by atoms with Crippen molar-refractivity contribution in [2.75, 3.05) is 26.4 Å². The van der Waals surface area contributed by atoms with E-state index in [0.717, 1.165) is 83.5 Å². The van der Waals surface area contributed by atoms with Gasteiger partial charge in [-0.05, 0) is 57.8 Å². The second-order valence-corrected chi connectivity index (χ2v) is 18.7. The number of aliphatic hydroxyl groups is 4. The predicted octanol–water partition coefficient (Wildman–Crippen LogP) is 13.8. The molecule has 0 spiro atoms. The van der Waals surface area contributed by atoms with Crippen LogP contribution in [0.4, 0.5) is 0 Å². The molecule has 6 atom stereocenters. The number of hydrogen-bond donors (Lipinski definition) is 4. The third-order valence-electron chi connectivity index (χ3n) is 12.4. The maximum Gasteiger partial charge on any atom is 0.306 e. The average molecular weight is 931 g/mol. The molecule has 1 aliphatic heterocycles. The summed E-state index contributed by atoms with van der Waals surface area (Å²) in [5, 5.41) is 40.3. The van der Waals surface area contributed by atoms with E-state index in [1.807, 2.05) is 0 Å². The van der Waals surface area contributed by atoms with Crippen LogP contribution in [0.15, 0.2) is 60.8 Å². The number of aliphatic hydroxyl groups excluding tert-OH is 4. The molecule has 0 aromatic heterocycles. The molecule has 6 unspecified atom stereocenters. The lowest BCUT2D eigenvalue weighted by Crippen LogP contribution is -2.59. The van der Waals surface area contributed by atoms with E-state index in [2.05, 4.69) is 74.6 Å². The highest BCUT2D eigenvalue weighted by Gasteiger charge is 2.44. The number of esters is 1. The summed E-state index contributed by atoms with van der Waals surface area (Å²) in [6, 6.07) is 0. The van der Waals surface area contributed by atoms with Crippen molar-refractivity contribution < 1.29 is 44.2 Å². The molecule has 0 amide bonds. The minimum atomic E-state index is -1.54. The van der Waals surface area contributed by atoms with Crippen molar-refractivity contribution in [2.45, 2.75) is 269 Å². The summed E-state index contributed by atoms with van der Waals surface area (Å²) in [5.74, 6) is -0.330. The molecule has 0 bridgehead atoms. The first kappa shape index (κ1) is 61.9. The normalized spacial score (nSPS) is 19.8. The monoisotopic (exact) mass is 931 g/mol. The zero-order chi connectivity index (χ0) is 47.8. The molecule has 1 fully saturated rings. The molecule has 0 saturated carbocycles. The van der Waals surface area contributed by atoms with Crippen LogP contribution >= 0.6 is 0 Å². The molecule has 0 aromatic carbocycles. The standard InChI is InChI=1S/C57H102O9/c1-3-5-7-9-11-13-15-17-19-21-23-25-27-29-31-33-35-37-39-41-43-45-47-63-49-51(50-64-57-56(62)55(61)54(60)52(48-58)66-57)65-53(59)46-44-42-40-38-36-34-32-30-28-26-24-22-20-18-16-14-12-10-8-6-4-2/h6,8,12,14,18,20,24,26,30,32,51-52,54-58,60-62H,3-5,7,9-11,13,15-17,19,21-23,25,27-29,31,33-50H2,1-2H3/b8-6-,14-12-,20-18-,26-24-,32-30-. The summed E-state index contributed by atoms with van der Waals surface area (Å²) < 4.78 is 22.9. The quantitative estimate of drug-likeness (QED) is 0.0267. The molecule has 0 aliphatic carbocycles. The Morgan fingerprint density at radius 2 is 0.924 bits per heavy atom. The van der Waals surface area contributed by atoms with Gasteiger partial charge >= 0.3 is 5.97 Å². The first-order valence-corrected chi connectivity index (χ1v) is 27.4. The van der Waals surface area contributed by atoms with Crippen molar-refractivity contribution in [1.82, 2.24) is 0 Å². The van der Waals surface area contributed by atoms with Crippen LogP contribution in [0.1, 0.15) is 232 Å². The number of rotatable bonds is 47. The SMILES string of the molecule is CC/C=C\C/C=C\C/C=C\C/C=C\C/C=C\CCCCCCCC(=O)OC(COCCCCCCCCCCCCCCCCCCCCCCCC)COC1OC(CO)C(O)C(O)C1O. The van der Waals surface area contributed by atoms with Gasteiger partial charge in [-0.15, -0.1) is 0 Å². The smallest absolute Gasteiger partial charge is 0.306 e. The lowest BCUT2D eigenvalue weighted by atomic mass is 9.99. The Labute approximate surface area is 405 Å². The minimum Gasteiger partial charge on any atom is -0.457 e. The van der Waals surface area contributed by atoms with E-state index in [0.29, 0.717) is 13.0 Å². The molecular weight excluding hydrogens is 829 g/mol. The van der Waals surface area contributed by atoms with E-state index >= 15 is 0 Å². The largest absolute Gasteiger partial charge is 0.457 e. The van der Waals surface area contributed by atoms with Crippen molar-refractivity contribution in [3.8, 4) is 0 Å². The zero-order valence-electron chi connectivity index (χ0n) is 42.4. The van der Waals surface area contributed by atoms with E-state index in [1.165, 1.54) is 128 Å². The third-order valence-corrected chi connectivity index (χ3v) is 12.4. The van der Waals surface area contributed by atoms with Crippen LogP contribution in [0.2, 0.25) is 0 Å². The topological polar surface area (TPSA) is 135 Å². The zero-order valence-corrected chi connectivity index (χ0v) is 42.4. The molecule has 66 heavy (non-hydrogen) atoms. The van der Waals surface area contributed by atoms with E-state index in [9.17, 15) is 25.2 Å². The molecular formula is C57H102O9. The van der Waals surface area contributed by atoms with Crippen LogP contribution in [0.25, 0.3) is 0 Å². The van der Waals surface area contributed by atoms with Gasteiger partial charge in [-0.2, -0.15) is 0 Å². The van der Waals surface area contributed by atoms with Crippen molar-refractivity contribution in [3.05, 3.63) is 60.8 Å². The van der Waals surface area contributed by atoms with Gasteiger partial charge in [0, 0.05) is 13.0 Å². The summed E-state index contributed by atoms with van der Waals surface area (Å²) in [6.07, 6.45) is 55.5. The molecule has 4 N–H and O–H groups in total. The van der Waals surface area contributed by atoms with Crippen molar-refractivity contribution >= 4 is 5.97 Å². The van der Waals surface area contributed by atoms with Gasteiger partial charge in [-0.25, -0.2) is 0 Å². The molecule has 1 aliphatic rings. The Kier molecular flexibility index (Phi) is 45.0. The number of hydrogen-bond acceptors (Lipinski definition) is 9. The second-order valence-electron chi connectivity index (χ2n) is 18.7. The van der Waals surface area contributed by atoms with Gasteiger partial charge in [0.05, 0.1) is 19.8 Å². The fourth-order valence-electron chi connectivity index (χ4n) is 8.23. The maximum absolute atomic E-state index is 12.9. The van der Waals surface area contributed by atoms with Gasteiger partial charge in [0.25, 0.3) is 0 Å². The predicted molar refractivity (Wildman–Crippen MR) is 274 cm³/mol. The van der Waals surface area contributed by atoms with Crippen LogP contribution in [0.3, 0.4) is 0 Å². The molecule has 1 rings (SSSR count). The highest BCUT2D eigenvalue weighted by atomic mass is 16.7. The van der Waals surface area contributed by atoms with E-state index in [-0.39, 0.29) is 19.2 Å². The maximum atomic E-state index is 12.9. The number of ether oxygens (including phenoxy) is 4. The second kappa shape index (κ2) is 47.9. The Hall–Kier alpha value is -2.11. The molecule has 384 valence electrons. The number of carbonyl (C=O) groups excluding carboxylic acids is 1. The molecule has 1 heterocycles. The van der Waals surface area contributed by atoms with Crippen molar-refractivity contribution in [3.63, 3.8) is 0 Å². The molecule has 0 radical (unpaired) electrons. The van der Waals surface area contributed by atoms with Crippen molar-refractivity contribution in [1.29, 1.82) is 0 Å². The van der Waals surface area contributed by atoms with Gasteiger partial charge in [0.2, 0.25) is 0 Å². The van der Waals surface area contributed by atoms with Gasteiger partial charge in [-0.3, -0.25) is 4.79 Å². The van der Waals surface area contributed by atoms with Crippen LogP contribution in [0, 0.1) is 0 Å². The van der Waals surface area contributed by atoms with Gasteiger partial charge in [0.1, 0.15) is 30.5 Å². The van der Waals surface area contributed by atoms with Gasteiger partial charge < -0.3 is 39.4 Å². The summed E-state index contributed by atoms with van der Waals surface area (Å²) in [7, 11) is 0. The van der Waals surface area contributed by atoms with E-state index in [4.69, 9.17) is 18.9 Å². The van der Waals surface area contributed by atoms with Crippen LogP contribution in [-0.2, 0) is 23.7 Å². The summed E-state index contributed by atoms with van der Waals surface area (Å²) in [5.41, 5.74) is 0. The third kappa shape index (κ3) is 37.8. The van der Waals surface area contributed by atoms with E-state index < -0.39 is 43.4 Å².